The van der Waals surface area contributed by atoms with Gasteiger partial charge in [0.15, 0.2) is 0 Å². The Morgan fingerprint density at radius 1 is 1.38 bits per heavy atom. The Morgan fingerprint density at radius 3 is 2.77 bits per heavy atom. The number of aromatic nitrogens is 2. The van der Waals surface area contributed by atoms with E-state index < -0.39 is 6.04 Å². The number of furan rings is 1. The summed E-state index contributed by atoms with van der Waals surface area (Å²) in [5.74, 6) is 1.58. The predicted octanol–water partition coefficient (Wildman–Crippen LogP) is 0.392. The molecule has 2 amide bonds. The zero-order valence-corrected chi connectivity index (χ0v) is 14.9. The van der Waals surface area contributed by atoms with Crippen molar-refractivity contribution in [2.24, 2.45) is 0 Å². The maximum atomic E-state index is 12.5. The van der Waals surface area contributed by atoms with E-state index in [-0.39, 0.29) is 23.8 Å². The summed E-state index contributed by atoms with van der Waals surface area (Å²) in [5, 5.41) is 5.63. The summed E-state index contributed by atoms with van der Waals surface area (Å²) in [6.45, 7) is 3.98. The topological polar surface area (TPSA) is 126 Å². The van der Waals surface area contributed by atoms with E-state index in [1.165, 1.54) is 0 Å². The van der Waals surface area contributed by atoms with E-state index in [9.17, 15) is 9.59 Å². The quantitative estimate of drug-likeness (QED) is 0.722. The first-order valence-corrected chi connectivity index (χ1v) is 8.33. The van der Waals surface area contributed by atoms with Gasteiger partial charge in [-0.3, -0.25) is 9.59 Å². The molecule has 0 aromatic carbocycles. The number of carbonyl (C=O) groups is 2. The van der Waals surface area contributed by atoms with E-state index in [4.69, 9.17) is 10.2 Å². The molecule has 0 saturated carbocycles. The first-order chi connectivity index (χ1) is 12.4. The van der Waals surface area contributed by atoms with Gasteiger partial charge in [0.2, 0.25) is 11.9 Å². The molecule has 138 valence electrons. The molecule has 0 aliphatic carbocycles. The fourth-order valence-electron chi connectivity index (χ4n) is 3.25. The number of nitrogens with zero attached hydrogens (tertiary/aromatic N) is 3. The number of aryl methyl sites for hydroxylation is 2. The highest BCUT2D eigenvalue weighted by molar-refractivity contribution is 5.95. The Bertz CT molecular complexity index is 834. The van der Waals surface area contributed by atoms with Crippen molar-refractivity contribution in [2.45, 2.75) is 32.4 Å². The van der Waals surface area contributed by atoms with Gasteiger partial charge in [-0.15, -0.1) is 0 Å². The number of hydrogen-bond acceptors (Lipinski definition) is 7. The zero-order chi connectivity index (χ0) is 18.8. The van der Waals surface area contributed by atoms with E-state index in [2.05, 4.69) is 20.6 Å². The molecule has 3 rings (SSSR count). The van der Waals surface area contributed by atoms with Gasteiger partial charge in [-0.05, 0) is 32.4 Å². The number of carbonyl (C=O) groups excluding carboxylic acids is 2. The number of anilines is 2. The van der Waals surface area contributed by atoms with Crippen LogP contribution >= 0.6 is 0 Å². The third kappa shape index (κ3) is 3.46. The lowest BCUT2D eigenvalue weighted by atomic mass is 10.1. The van der Waals surface area contributed by atoms with Gasteiger partial charge in [-0.2, -0.15) is 4.98 Å². The molecule has 1 saturated heterocycles. The highest BCUT2D eigenvalue weighted by Gasteiger charge is 2.38. The van der Waals surface area contributed by atoms with Crippen LogP contribution in [-0.4, -0.2) is 47.5 Å². The standard InChI is InChI=1S/C17H22N6O3/c1-9-6-12(10(2)26-9)15(24)21-11-7-13(16(25)19-3)23(8-11)14-4-5-20-17(18)22-14/h4-6,11,13H,7-8H2,1-3H3,(H,19,25)(H,21,24)(H2,18,20,22)/t11-,13+/m1/s1. The molecule has 9 nitrogen and oxygen atoms in total. The van der Waals surface area contributed by atoms with Gasteiger partial charge in [0.05, 0.1) is 5.56 Å². The van der Waals surface area contributed by atoms with Crippen molar-refractivity contribution in [3.05, 3.63) is 35.4 Å². The summed E-state index contributed by atoms with van der Waals surface area (Å²) in [5.41, 5.74) is 6.16. The lowest BCUT2D eigenvalue weighted by Crippen LogP contribution is -2.42. The summed E-state index contributed by atoms with van der Waals surface area (Å²) in [6.07, 6.45) is 2.01. The van der Waals surface area contributed by atoms with Gasteiger partial charge in [0.1, 0.15) is 23.4 Å². The van der Waals surface area contributed by atoms with E-state index in [1.807, 2.05) is 4.90 Å². The van der Waals surface area contributed by atoms with Crippen molar-refractivity contribution < 1.29 is 14.0 Å². The highest BCUT2D eigenvalue weighted by atomic mass is 16.3. The number of nitrogens with two attached hydrogens (primary N) is 1. The minimum atomic E-state index is -0.452. The van der Waals surface area contributed by atoms with Crippen molar-refractivity contribution in [3.63, 3.8) is 0 Å². The maximum absolute atomic E-state index is 12.5. The summed E-state index contributed by atoms with van der Waals surface area (Å²) in [4.78, 5) is 34.7. The number of amides is 2. The molecular weight excluding hydrogens is 336 g/mol. The van der Waals surface area contributed by atoms with Crippen LogP contribution in [0.25, 0.3) is 0 Å². The van der Waals surface area contributed by atoms with Crippen LogP contribution in [0, 0.1) is 13.8 Å². The van der Waals surface area contributed by atoms with Gasteiger partial charge in [-0.25, -0.2) is 4.98 Å². The number of likely N-dealkylation sites (N-methyl/N-ethyl adjacent to an activating group) is 1. The third-order valence-corrected chi connectivity index (χ3v) is 4.42. The molecule has 9 heteroatoms. The molecule has 0 bridgehead atoms. The molecule has 0 unspecified atom stereocenters. The fourth-order valence-corrected chi connectivity index (χ4v) is 3.25. The molecule has 1 fully saturated rings. The molecule has 26 heavy (non-hydrogen) atoms. The van der Waals surface area contributed by atoms with Crippen LogP contribution in [0.5, 0.6) is 0 Å². The number of nitrogen functional groups attached to an aromatic ring is 1. The molecule has 2 aromatic heterocycles. The average molecular weight is 358 g/mol. The lowest BCUT2D eigenvalue weighted by molar-refractivity contribution is -0.121. The summed E-state index contributed by atoms with van der Waals surface area (Å²) >= 11 is 0. The van der Waals surface area contributed by atoms with Crippen LogP contribution in [0.3, 0.4) is 0 Å². The van der Waals surface area contributed by atoms with Gasteiger partial charge in [0.25, 0.3) is 5.91 Å². The second-order valence-corrected chi connectivity index (χ2v) is 6.29. The number of rotatable bonds is 4. The van der Waals surface area contributed by atoms with Crippen LogP contribution in [-0.2, 0) is 4.79 Å². The van der Waals surface area contributed by atoms with Crippen molar-refractivity contribution in [1.82, 2.24) is 20.6 Å². The minimum Gasteiger partial charge on any atom is -0.466 e. The van der Waals surface area contributed by atoms with E-state index in [0.717, 1.165) is 0 Å². The zero-order valence-electron chi connectivity index (χ0n) is 14.9. The van der Waals surface area contributed by atoms with E-state index >= 15 is 0 Å². The van der Waals surface area contributed by atoms with Crippen molar-refractivity contribution in [3.8, 4) is 0 Å². The maximum Gasteiger partial charge on any atom is 0.255 e. The highest BCUT2D eigenvalue weighted by Crippen LogP contribution is 2.25. The predicted molar refractivity (Wildman–Crippen MR) is 95.7 cm³/mol. The monoisotopic (exact) mass is 358 g/mol. The van der Waals surface area contributed by atoms with E-state index in [1.54, 1.807) is 39.2 Å². The molecule has 4 N–H and O–H groups in total. The van der Waals surface area contributed by atoms with Gasteiger partial charge >= 0.3 is 0 Å². The molecule has 3 heterocycles. The average Bonchev–Trinajstić information content (AvgIpc) is 3.17. The second kappa shape index (κ2) is 7.03. The molecule has 1 aliphatic heterocycles. The number of nitrogens with one attached hydrogen (secondary N) is 2. The molecule has 0 radical (unpaired) electrons. The Labute approximate surface area is 151 Å². The lowest BCUT2D eigenvalue weighted by Gasteiger charge is -2.24. The van der Waals surface area contributed by atoms with Crippen LogP contribution < -0.4 is 21.3 Å². The first-order valence-electron chi connectivity index (χ1n) is 8.33. The van der Waals surface area contributed by atoms with Crippen molar-refractivity contribution in [1.29, 1.82) is 0 Å². The minimum absolute atomic E-state index is 0.134. The van der Waals surface area contributed by atoms with Gasteiger partial charge < -0.3 is 25.7 Å². The SMILES string of the molecule is CNC(=O)[C@@H]1C[C@@H](NC(=O)c2cc(C)oc2C)CN1c1ccnc(N)n1. The van der Waals surface area contributed by atoms with E-state index in [0.29, 0.717) is 35.9 Å². The third-order valence-electron chi connectivity index (χ3n) is 4.42. The van der Waals surface area contributed by atoms with Crippen LogP contribution in [0.15, 0.2) is 22.7 Å². The van der Waals surface area contributed by atoms with Gasteiger partial charge in [-0.1, -0.05) is 0 Å². The van der Waals surface area contributed by atoms with Crippen molar-refractivity contribution in [2.75, 3.05) is 24.2 Å². The largest absolute Gasteiger partial charge is 0.466 e. The molecule has 2 atom stereocenters. The van der Waals surface area contributed by atoms with Crippen LogP contribution in [0.1, 0.15) is 28.3 Å². The first kappa shape index (κ1) is 17.7. The Kier molecular flexibility index (Phi) is 4.79. The Morgan fingerprint density at radius 2 is 2.15 bits per heavy atom. The summed E-state index contributed by atoms with van der Waals surface area (Å²) < 4.78 is 5.41. The molecular formula is C17H22N6O3. The molecule has 0 spiro atoms. The fraction of sp³-hybridized carbons (Fsp3) is 0.412. The molecule has 1 aliphatic rings. The van der Waals surface area contributed by atoms with Crippen LogP contribution in [0.2, 0.25) is 0 Å². The van der Waals surface area contributed by atoms with Crippen molar-refractivity contribution >= 4 is 23.6 Å². The normalized spacial score (nSPS) is 19.4. The van der Waals surface area contributed by atoms with Gasteiger partial charge in [0, 0.05) is 25.8 Å². The second-order valence-electron chi connectivity index (χ2n) is 6.29. The smallest absolute Gasteiger partial charge is 0.255 e. The number of hydrogen-bond donors (Lipinski definition) is 3. The summed E-state index contributed by atoms with van der Waals surface area (Å²) in [7, 11) is 1.58. The Hall–Kier alpha value is -3.10. The Balaban J connectivity index is 1.79. The summed E-state index contributed by atoms with van der Waals surface area (Å²) in [6, 6.07) is 2.74. The van der Waals surface area contributed by atoms with Crippen LogP contribution in [0.4, 0.5) is 11.8 Å². The molecule has 2 aromatic rings.